The fourth-order valence-electron chi connectivity index (χ4n) is 4.05. The van der Waals surface area contributed by atoms with Gasteiger partial charge in [-0.1, -0.05) is 30.3 Å². The van der Waals surface area contributed by atoms with Crippen LogP contribution in [-0.4, -0.2) is 61.3 Å². The first-order chi connectivity index (χ1) is 12.6. The van der Waals surface area contributed by atoms with E-state index in [1.807, 2.05) is 23.1 Å². The highest BCUT2D eigenvalue weighted by Crippen LogP contribution is 2.34. The lowest BCUT2D eigenvalue weighted by atomic mass is 9.74. The Morgan fingerprint density at radius 1 is 1.22 bits per heavy atom. The van der Waals surface area contributed by atoms with Crippen LogP contribution in [0.3, 0.4) is 0 Å². The Morgan fingerprint density at radius 2 is 1.93 bits per heavy atom. The molecule has 2 aliphatic heterocycles. The summed E-state index contributed by atoms with van der Waals surface area (Å²) in [7, 11) is 0. The lowest BCUT2D eigenvalue weighted by Gasteiger charge is -2.38. The second kappa shape index (κ2) is 10.1. The fraction of sp³-hybridized carbons (Fsp3) is 0.600. The summed E-state index contributed by atoms with van der Waals surface area (Å²) in [6.07, 6.45) is 3.31. The number of nitrogens with zero attached hydrogens (tertiary/aromatic N) is 1. The average molecular weight is 397 g/mol. The van der Waals surface area contributed by atoms with Crippen molar-refractivity contribution in [3.05, 3.63) is 35.9 Å². The Bertz CT molecular complexity index is 620. The molecule has 0 spiro atoms. The Labute approximate surface area is 166 Å². The van der Waals surface area contributed by atoms with Crippen LogP contribution in [0, 0.1) is 5.92 Å². The van der Waals surface area contributed by atoms with Crippen molar-refractivity contribution in [1.29, 1.82) is 0 Å². The second-order valence-electron chi connectivity index (χ2n) is 7.45. The molecule has 2 N–H and O–H groups in total. The van der Waals surface area contributed by atoms with E-state index >= 15 is 0 Å². The van der Waals surface area contributed by atoms with E-state index in [0.29, 0.717) is 32.7 Å². The van der Waals surface area contributed by atoms with Gasteiger partial charge in [-0.05, 0) is 37.8 Å². The zero-order valence-corrected chi connectivity index (χ0v) is 16.4. The van der Waals surface area contributed by atoms with Crippen molar-refractivity contribution in [2.45, 2.75) is 31.1 Å². The lowest BCUT2D eigenvalue weighted by Crippen LogP contribution is -2.48. The van der Waals surface area contributed by atoms with Crippen molar-refractivity contribution in [3.63, 3.8) is 0 Å². The van der Waals surface area contributed by atoms with Crippen LogP contribution < -0.4 is 5.32 Å². The van der Waals surface area contributed by atoms with Crippen molar-refractivity contribution >= 4 is 24.3 Å². The smallest absolute Gasteiger partial charge is 0.307 e. The minimum atomic E-state index is -0.764. The van der Waals surface area contributed by atoms with E-state index in [4.69, 9.17) is 4.74 Å². The third-order valence-corrected chi connectivity index (χ3v) is 5.68. The quantitative estimate of drug-likeness (QED) is 0.769. The molecule has 0 aromatic heterocycles. The van der Waals surface area contributed by atoms with Gasteiger partial charge >= 0.3 is 5.97 Å². The van der Waals surface area contributed by atoms with Crippen molar-refractivity contribution in [3.8, 4) is 0 Å². The number of amides is 1. The molecule has 0 aliphatic carbocycles. The van der Waals surface area contributed by atoms with Gasteiger partial charge in [0.25, 0.3) is 0 Å². The molecule has 0 radical (unpaired) electrons. The highest BCUT2D eigenvalue weighted by Gasteiger charge is 2.35. The number of nitrogens with one attached hydrogen (secondary N) is 1. The van der Waals surface area contributed by atoms with Gasteiger partial charge in [0.15, 0.2) is 0 Å². The molecule has 1 atom stereocenters. The molecule has 2 heterocycles. The maximum Gasteiger partial charge on any atom is 0.307 e. The van der Waals surface area contributed by atoms with Gasteiger partial charge in [-0.15, -0.1) is 12.4 Å². The number of carboxylic acid groups (broad SMARTS) is 1. The van der Waals surface area contributed by atoms with Gasteiger partial charge < -0.3 is 15.2 Å². The van der Waals surface area contributed by atoms with Gasteiger partial charge in [-0.2, -0.15) is 0 Å². The number of benzene rings is 1. The summed E-state index contributed by atoms with van der Waals surface area (Å²) >= 11 is 0. The minimum Gasteiger partial charge on any atom is -0.481 e. The molecule has 2 aliphatic rings. The molecule has 27 heavy (non-hydrogen) atoms. The number of hydrogen-bond donors (Lipinski definition) is 2. The molecule has 1 aromatic rings. The van der Waals surface area contributed by atoms with Crippen molar-refractivity contribution in [2.75, 3.05) is 39.4 Å². The standard InChI is InChI=1S/C20H28N2O4.ClH/c23-18(14-22-10-4-5-16(13-22)19(24)25)21-15-20(8-11-26-12-9-20)17-6-2-1-3-7-17;/h1-3,6-7,16H,4-5,8-15H2,(H,21,23)(H,24,25);1H. The lowest BCUT2D eigenvalue weighted by molar-refractivity contribution is -0.144. The van der Waals surface area contributed by atoms with Gasteiger partial charge in [0.2, 0.25) is 5.91 Å². The highest BCUT2D eigenvalue weighted by atomic mass is 35.5. The number of carboxylic acids is 1. The summed E-state index contributed by atoms with van der Waals surface area (Å²) in [6.45, 7) is 3.52. The Hall–Kier alpha value is -1.63. The van der Waals surface area contributed by atoms with E-state index < -0.39 is 5.97 Å². The van der Waals surface area contributed by atoms with Crippen molar-refractivity contribution < 1.29 is 19.4 Å². The summed E-state index contributed by atoms with van der Waals surface area (Å²) in [5, 5.41) is 12.3. The van der Waals surface area contributed by atoms with Gasteiger partial charge in [0, 0.05) is 31.7 Å². The number of piperidine rings is 1. The molecule has 2 fully saturated rings. The number of aliphatic carboxylic acids is 1. The molecule has 150 valence electrons. The van der Waals surface area contributed by atoms with Gasteiger partial charge in [0.1, 0.15) is 0 Å². The second-order valence-corrected chi connectivity index (χ2v) is 7.45. The molecule has 1 aromatic carbocycles. The van der Waals surface area contributed by atoms with E-state index in [9.17, 15) is 14.7 Å². The van der Waals surface area contributed by atoms with Crippen LogP contribution in [0.5, 0.6) is 0 Å². The van der Waals surface area contributed by atoms with Crippen LogP contribution >= 0.6 is 12.4 Å². The molecular weight excluding hydrogens is 368 g/mol. The molecule has 2 saturated heterocycles. The summed E-state index contributed by atoms with van der Waals surface area (Å²) in [5.74, 6) is -1.15. The fourth-order valence-corrected chi connectivity index (χ4v) is 4.05. The van der Waals surface area contributed by atoms with Crippen molar-refractivity contribution in [1.82, 2.24) is 10.2 Å². The average Bonchev–Trinajstić information content (AvgIpc) is 2.68. The van der Waals surface area contributed by atoms with E-state index in [-0.39, 0.29) is 36.2 Å². The number of halogens is 1. The Morgan fingerprint density at radius 3 is 2.59 bits per heavy atom. The molecule has 0 saturated carbocycles. The summed E-state index contributed by atoms with van der Waals surface area (Å²) in [4.78, 5) is 25.6. The van der Waals surface area contributed by atoms with Gasteiger partial charge in [0.05, 0.1) is 12.5 Å². The monoisotopic (exact) mass is 396 g/mol. The van der Waals surface area contributed by atoms with Crippen LogP contribution in [-0.2, 0) is 19.7 Å². The van der Waals surface area contributed by atoms with Crippen LogP contribution in [0.25, 0.3) is 0 Å². The maximum atomic E-state index is 12.5. The summed E-state index contributed by atoms with van der Waals surface area (Å²) in [6, 6.07) is 10.3. The molecule has 1 unspecified atom stereocenters. The molecule has 7 heteroatoms. The maximum absolute atomic E-state index is 12.5. The predicted octanol–water partition coefficient (Wildman–Crippen LogP) is 2.07. The molecule has 1 amide bonds. The van der Waals surface area contributed by atoms with E-state index in [1.165, 1.54) is 5.56 Å². The van der Waals surface area contributed by atoms with E-state index in [0.717, 1.165) is 25.8 Å². The van der Waals surface area contributed by atoms with Crippen LogP contribution in [0.15, 0.2) is 30.3 Å². The normalized spacial score (nSPS) is 22.4. The SMILES string of the molecule is Cl.O=C(CN1CCCC(C(=O)O)C1)NCC1(c2ccccc2)CCOCC1. The summed E-state index contributed by atoms with van der Waals surface area (Å²) < 4.78 is 5.53. The zero-order chi connectivity index (χ0) is 18.4. The van der Waals surface area contributed by atoms with E-state index in [1.54, 1.807) is 0 Å². The number of rotatable bonds is 6. The van der Waals surface area contributed by atoms with Crippen molar-refractivity contribution in [2.24, 2.45) is 5.92 Å². The van der Waals surface area contributed by atoms with Gasteiger partial charge in [-0.25, -0.2) is 0 Å². The first kappa shape index (κ1) is 21.7. The molecule has 6 nitrogen and oxygen atoms in total. The largest absolute Gasteiger partial charge is 0.481 e. The minimum absolute atomic E-state index is 0. The summed E-state index contributed by atoms with van der Waals surface area (Å²) in [5.41, 5.74) is 1.16. The molecule has 0 bridgehead atoms. The van der Waals surface area contributed by atoms with E-state index in [2.05, 4.69) is 17.4 Å². The number of hydrogen-bond acceptors (Lipinski definition) is 4. The Kier molecular flexibility index (Phi) is 8.07. The number of ether oxygens (including phenoxy) is 1. The first-order valence-corrected chi connectivity index (χ1v) is 9.44. The zero-order valence-electron chi connectivity index (χ0n) is 15.6. The van der Waals surface area contributed by atoms with Crippen LogP contribution in [0.2, 0.25) is 0 Å². The van der Waals surface area contributed by atoms with Gasteiger partial charge in [-0.3, -0.25) is 14.5 Å². The van der Waals surface area contributed by atoms with Crippen LogP contribution in [0.4, 0.5) is 0 Å². The number of likely N-dealkylation sites (tertiary alicyclic amines) is 1. The van der Waals surface area contributed by atoms with Crippen LogP contribution in [0.1, 0.15) is 31.2 Å². The topological polar surface area (TPSA) is 78.9 Å². The Balaban J connectivity index is 0.00000261. The number of carbonyl (C=O) groups excluding carboxylic acids is 1. The number of carbonyl (C=O) groups is 2. The third-order valence-electron chi connectivity index (χ3n) is 5.68. The predicted molar refractivity (Wildman–Crippen MR) is 105 cm³/mol. The first-order valence-electron chi connectivity index (χ1n) is 9.44. The highest BCUT2D eigenvalue weighted by molar-refractivity contribution is 5.85. The molecule has 3 rings (SSSR count). The molecular formula is C20H29ClN2O4. The third kappa shape index (κ3) is 5.67.